The molecule has 1 aliphatic rings. The van der Waals surface area contributed by atoms with Crippen molar-refractivity contribution in [2.24, 2.45) is 0 Å². The van der Waals surface area contributed by atoms with E-state index in [1.54, 1.807) is 0 Å². The molecule has 0 saturated heterocycles. The number of aromatic amines is 3. The summed E-state index contributed by atoms with van der Waals surface area (Å²) in [6.07, 6.45) is 3.94. The van der Waals surface area contributed by atoms with E-state index in [4.69, 9.17) is 4.98 Å². The van der Waals surface area contributed by atoms with Gasteiger partial charge in [-0.1, -0.05) is 102 Å². The lowest BCUT2D eigenvalue weighted by Gasteiger charge is -2.12. The van der Waals surface area contributed by atoms with Crippen LogP contribution < -0.4 is 16.0 Å². The second-order valence-electron chi connectivity index (χ2n) is 12.9. The second kappa shape index (κ2) is 16.1. The minimum absolute atomic E-state index is 0.134. The van der Waals surface area contributed by atoms with Crippen molar-refractivity contribution in [1.29, 1.82) is 0 Å². The Balaban J connectivity index is 1.53. The molecule has 3 amide bonds. The molecule has 0 atom stereocenters. The Kier molecular flexibility index (Phi) is 10.7. The quantitative estimate of drug-likeness (QED) is 0.0800. The molecule has 0 saturated carbocycles. The van der Waals surface area contributed by atoms with Gasteiger partial charge < -0.3 is 30.9 Å². The van der Waals surface area contributed by atoms with Gasteiger partial charge in [0.25, 0.3) is 0 Å². The summed E-state index contributed by atoms with van der Waals surface area (Å²) in [6.45, 7) is 0. The number of carbonyl (C=O) groups is 3. The van der Waals surface area contributed by atoms with Crippen molar-refractivity contribution in [2.75, 3.05) is 31.9 Å². The Morgan fingerprint density at radius 3 is 1.16 bits per heavy atom. The maximum atomic E-state index is 12.8. The van der Waals surface area contributed by atoms with Crippen LogP contribution in [-0.2, 0) is 14.4 Å². The second-order valence-corrected chi connectivity index (χ2v) is 14.6. The number of hydrogen-bond donors (Lipinski definition) is 6. The minimum Gasteiger partial charge on any atom is -0.354 e. The van der Waals surface area contributed by atoms with Crippen molar-refractivity contribution in [1.82, 2.24) is 19.9 Å². The van der Waals surface area contributed by atoms with Gasteiger partial charge in [-0.25, -0.2) is 4.98 Å². The van der Waals surface area contributed by atoms with Crippen LogP contribution in [0.25, 0.3) is 78.6 Å². The average molecular weight is 934 g/mol. The van der Waals surface area contributed by atoms with Crippen LogP contribution in [0.15, 0.2) is 109 Å². The molecule has 3 aromatic carbocycles. The van der Waals surface area contributed by atoms with E-state index < -0.39 is 0 Å². The van der Waals surface area contributed by atoms with Gasteiger partial charge in [0.2, 0.25) is 17.7 Å². The molecular formula is C43H32Br3N7O3. The fourth-order valence-corrected chi connectivity index (χ4v) is 7.41. The number of carbonyl (C=O) groups excluding carboxylic acids is 3. The number of amides is 3. The summed E-state index contributed by atoms with van der Waals surface area (Å²) in [4.78, 5) is 54.4. The zero-order valence-electron chi connectivity index (χ0n) is 29.5. The van der Waals surface area contributed by atoms with Gasteiger partial charge in [-0.05, 0) is 66.7 Å². The number of anilines is 3. The Hall–Kier alpha value is -5.76. The molecule has 6 N–H and O–H groups in total. The first-order chi connectivity index (χ1) is 27.3. The molecule has 0 unspecified atom stereocenters. The summed E-state index contributed by atoms with van der Waals surface area (Å²) >= 11 is 9.86. The third-order valence-corrected chi connectivity index (χ3v) is 10.9. The number of halogens is 3. The van der Waals surface area contributed by atoms with Crippen molar-refractivity contribution in [2.45, 2.75) is 0 Å². The third kappa shape index (κ3) is 7.32. The third-order valence-electron chi connectivity index (χ3n) is 9.35. The predicted molar refractivity (Wildman–Crippen MR) is 239 cm³/mol. The van der Waals surface area contributed by atoms with Gasteiger partial charge in [-0.15, -0.1) is 0 Å². The highest BCUT2D eigenvalue weighted by Crippen LogP contribution is 2.40. The van der Waals surface area contributed by atoms with E-state index in [0.29, 0.717) is 22.8 Å². The molecule has 0 spiro atoms. The summed E-state index contributed by atoms with van der Waals surface area (Å²) in [5.41, 5.74) is 12.8. The fraction of sp³-hybridized carbons (Fsp3) is 0.0698. The number of aromatic nitrogens is 4. The van der Waals surface area contributed by atoms with Crippen LogP contribution >= 0.6 is 47.8 Å². The summed E-state index contributed by atoms with van der Waals surface area (Å²) < 4.78 is 0. The lowest BCUT2D eigenvalue weighted by Crippen LogP contribution is -2.13. The number of fused-ring (bicyclic) bond motifs is 9. The molecule has 4 aromatic heterocycles. The maximum absolute atomic E-state index is 12.8. The molecule has 8 bridgehead atoms. The van der Waals surface area contributed by atoms with Crippen molar-refractivity contribution >= 4 is 128 Å². The molecular weight excluding hydrogens is 902 g/mol. The molecule has 278 valence electrons. The summed E-state index contributed by atoms with van der Waals surface area (Å²) in [5.74, 6) is -0.549. The van der Waals surface area contributed by atoms with Gasteiger partial charge in [0.15, 0.2) is 0 Å². The first kappa shape index (κ1) is 37.2. The first-order valence-electron chi connectivity index (χ1n) is 17.5. The Morgan fingerprint density at radius 2 is 0.750 bits per heavy atom. The lowest BCUT2D eigenvalue weighted by atomic mass is 10.0. The van der Waals surface area contributed by atoms with Crippen molar-refractivity contribution < 1.29 is 14.4 Å². The molecule has 5 heterocycles. The molecule has 56 heavy (non-hydrogen) atoms. The predicted octanol–water partition coefficient (Wildman–Crippen LogP) is 10.7. The Labute approximate surface area is 346 Å². The van der Waals surface area contributed by atoms with Gasteiger partial charge in [-0.2, -0.15) is 0 Å². The van der Waals surface area contributed by atoms with Gasteiger partial charge in [0.05, 0.1) is 32.9 Å². The molecule has 0 fully saturated rings. The number of alkyl halides is 3. The van der Waals surface area contributed by atoms with Crippen molar-refractivity contribution in [3.63, 3.8) is 0 Å². The number of nitrogens with zero attached hydrogens (tertiary/aromatic N) is 1. The van der Waals surface area contributed by atoms with E-state index in [0.717, 1.165) is 72.2 Å². The van der Waals surface area contributed by atoms with Crippen molar-refractivity contribution in [3.05, 3.63) is 121 Å². The number of nitrogens with one attached hydrogen (secondary N) is 6. The van der Waals surface area contributed by atoms with Gasteiger partial charge in [-0.3, -0.25) is 14.4 Å². The van der Waals surface area contributed by atoms with Crippen LogP contribution in [0.5, 0.6) is 0 Å². The maximum Gasteiger partial charge on any atom is 0.235 e. The van der Waals surface area contributed by atoms with Gasteiger partial charge in [0.1, 0.15) is 0 Å². The molecule has 8 rings (SSSR count). The van der Waals surface area contributed by atoms with Crippen LogP contribution in [0.4, 0.5) is 17.1 Å². The summed E-state index contributed by atoms with van der Waals surface area (Å²) in [6, 6.07) is 35.1. The molecule has 0 radical (unpaired) electrons. The number of para-hydroxylation sites is 3. The van der Waals surface area contributed by atoms with Crippen LogP contribution in [0.1, 0.15) is 11.4 Å². The Bertz CT molecular complexity index is 2840. The zero-order chi connectivity index (χ0) is 38.8. The fourth-order valence-electron chi connectivity index (χ4n) is 6.99. The van der Waals surface area contributed by atoms with Gasteiger partial charge in [0, 0.05) is 78.0 Å². The van der Waals surface area contributed by atoms with E-state index in [9.17, 15) is 14.4 Å². The highest BCUT2D eigenvalue weighted by atomic mass is 79.9. The van der Waals surface area contributed by atoms with Crippen LogP contribution in [0.2, 0.25) is 0 Å². The highest BCUT2D eigenvalue weighted by molar-refractivity contribution is 9.09. The first-order valence-corrected chi connectivity index (χ1v) is 20.9. The van der Waals surface area contributed by atoms with Crippen LogP contribution in [0, 0.1) is 0 Å². The Morgan fingerprint density at radius 1 is 0.429 bits per heavy atom. The number of rotatable bonds is 9. The number of H-pyrrole nitrogens is 3. The van der Waals surface area contributed by atoms with E-state index in [1.165, 1.54) is 0 Å². The topological polar surface area (TPSA) is 148 Å². The smallest absolute Gasteiger partial charge is 0.235 e. The van der Waals surface area contributed by atoms with Crippen molar-refractivity contribution in [3.8, 4) is 33.4 Å². The highest BCUT2D eigenvalue weighted by Gasteiger charge is 2.19. The number of benzene rings is 3. The van der Waals surface area contributed by atoms with E-state index >= 15 is 0 Å². The van der Waals surface area contributed by atoms with Crippen LogP contribution in [0.3, 0.4) is 0 Å². The molecule has 1 aliphatic heterocycles. The number of hydrogen-bond acceptors (Lipinski definition) is 4. The SMILES string of the molecule is O=C(CBr)Nc1ccccc1-c1c2nc(c3ccc([nH]3)c(-c3ccccc3NC(=O)CBr)c3ccc([nH]3)c(-c3ccccc3NC(=O)CBr)c3ccc1[nH]3)C=C2. The minimum atomic E-state index is -0.189. The lowest BCUT2D eigenvalue weighted by molar-refractivity contribution is -0.114. The largest absolute Gasteiger partial charge is 0.354 e. The summed E-state index contributed by atoms with van der Waals surface area (Å²) in [5, 5.41) is 9.57. The van der Waals surface area contributed by atoms with E-state index in [-0.39, 0.29) is 33.7 Å². The molecule has 13 heteroatoms. The molecule has 10 nitrogen and oxygen atoms in total. The van der Waals surface area contributed by atoms with E-state index in [2.05, 4.69) is 78.7 Å². The molecule has 7 aromatic rings. The normalized spacial score (nSPS) is 11.5. The van der Waals surface area contributed by atoms with Gasteiger partial charge >= 0.3 is 0 Å². The standard InChI is InChI=1S/C43H32Br3N7O3/c44-21-38(54)51-27-10-4-1-7-24(27)41-32-15-13-30(47-32)31-14-16-33(48-31)42(25-8-2-5-11-28(25)52-39(55)22-45)35-18-20-37(50-35)43(36-19-17-34(41)49-36)26-9-3-6-12-29(26)53-40(56)23-46/h1-20,47,49-50H,21-23H2,(H,51,54)(H,52,55)(H,53,56). The van der Waals surface area contributed by atoms with Crippen LogP contribution in [-0.4, -0.2) is 53.6 Å². The molecule has 0 aliphatic carbocycles. The average Bonchev–Trinajstić information content (AvgIpc) is 4.06. The summed E-state index contributed by atoms with van der Waals surface area (Å²) in [7, 11) is 0. The zero-order valence-corrected chi connectivity index (χ0v) is 34.2. The van der Waals surface area contributed by atoms with E-state index in [1.807, 2.05) is 121 Å². The monoisotopic (exact) mass is 931 g/mol.